The highest BCUT2D eigenvalue weighted by Crippen LogP contribution is 2.42. The maximum absolute atomic E-state index is 13.8. The molecule has 0 atom stereocenters. The number of halogens is 2. The van der Waals surface area contributed by atoms with Gasteiger partial charge in [0.1, 0.15) is 40.7 Å². The summed E-state index contributed by atoms with van der Waals surface area (Å²) >= 11 is 7.36. The number of anilines is 5. The Hall–Kier alpha value is -15.7. The van der Waals surface area contributed by atoms with E-state index < -0.39 is 11.7 Å². The number of hydrogen-bond acceptors (Lipinski definition) is 22. The van der Waals surface area contributed by atoms with Crippen molar-refractivity contribution in [1.29, 1.82) is 0 Å². The summed E-state index contributed by atoms with van der Waals surface area (Å²) in [6.45, 7) is 12.9. The molecule has 4 aliphatic rings. The molecule has 5 amide bonds. The number of benzene rings is 5. The average Bonchev–Trinajstić information content (AvgIpc) is 1.46. The van der Waals surface area contributed by atoms with Crippen molar-refractivity contribution in [3.8, 4) is 35.5 Å². The van der Waals surface area contributed by atoms with Crippen LogP contribution >= 0.6 is 23.4 Å². The lowest BCUT2D eigenvalue weighted by atomic mass is 10.1. The zero-order valence-electron chi connectivity index (χ0n) is 72.3. The zero-order valence-corrected chi connectivity index (χ0v) is 73.9. The number of nitrogens with zero attached hydrogens (tertiary/aromatic N) is 15. The van der Waals surface area contributed by atoms with Gasteiger partial charge in [-0.3, -0.25) is 72.9 Å². The Morgan fingerprint density at radius 3 is 1.03 bits per heavy atom. The van der Waals surface area contributed by atoms with Gasteiger partial charge in [0.25, 0.3) is 57.3 Å². The number of rotatable bonds is 22. The number of aromatic amines is 5. The van der Waals surface area contributed by atoms with Gasteiger partial charge in [-0.25, -0.2) is 29.3 Å². The van der Waals surface area contributed by atoms with E-state index in [0.29, 0.717) is 138 Å². The van der Waals surface area contributed by atoms with Gasteiger partial charge in [0.05, 0.1) is 80.7 Å². The van der Waals surface area contributed by atoms with Crippen LogP contribution < -0.4 is 59.1 Å². The van der Waals surface area contributed by atoms with Gasteiger partial charge < -0.3 is 31.3 Å². The van der Waals surface area contributed by atoms with Gasteiger partial charge in [0.15, 0.2) is 0 Å². The molecule has 0 saturated heterocycles. The van der Waals surface area contributed by atoms with Crippen molar-refractivity contribution in [3.05, 3.63) is 335 Å². The number of carbonyl (C=O) groups excluding carboxylic acids is 5. The quantitative estimate of drug-likeness (QED) is 0.0282. The van der Waals surface area contributed by atoms with Crippen LogP contribution in [0.5, 0.6) is 5.75 Å². The molecule has 0 spiro atoms. The fourth-order valence-corrected chi connectivity index (χ4v) is 14.4. The molecule has 10 heterocycles. The van der Waals surface area contributed by atoms with Crippen LogP contribution in [0.2, 0.25) is 5.02 Å². The zero-order chi connectivity index (χ0) is 92.4. The van der Waals surface area contributed by atoms with E-state index >= 15 is 0 Å². The highest BCUT2D eigenvalue weighted by Gasteiger charge is 2.32. The van der Waals surface area contributed by atoms with E-state index in [1.165, 1.54) is 90.8 Å². The molecule has 36 nitrogen and oxygen atoms in total. The number of amides is 5. The number of aryl methyl sites for hydroxylation is 5. The Balaban J connectivity index is 0.000000125. The minimum Gasteiger partial charge on any atom is -0.496 e. The molecule has 668 valence electrons. The molecule has 0 bridgehead atoms. The summed E-state index contributed by atoms with van der Waals surface area (Å²) in [6.07, 6.45) is 10.2. The first-order valence-electron chi connectivity index (χ1n) is 41.8. The first-order chi connectivity index (χ1) is 63.0. The number of H-pyrrole nitrogens is 5. The SMILES string of the molecule is COc1ccccc1C(=O)Nc1cc(C)nn1-c1nc(C2CC2)cc(=O)[nH]1.CSc1ccccc1C(=O)Nc1cc(C)nn1-c1nc(C2CC2)cc(=O)[nH]1.Cc1cc(NC(=O)c2ccc(Cl)cc2)n(-c2nc(C(C)C)cc(=O)[nH]2)n1.Cc1cc(NC(=O)c2ccccc2)n(-c2nc(C3CC3)cc(=O)[nH]2)n1.Cc1cc(NC(=O)c2ccccc2F)n(-c2nc(C3CC3)cc(=O)[nH]2)n1. The molecule has 4 fully saturated rings. The van der Waals surface area contributed by atoms with Gasteiger partial charge in [-0.05, 0) is 171 Å². The van der Waals surface area contributed by atoms with Crippen molar-refractivity contribution in [3.63, 3.8) is 0 Å². The highest BCUT2D eigenvalue weighted by atomic mass is 35.5. The second kappa shape index (κ2) is 39.7. The average molecular weight is 1810 g/mol. The molecule has 4 saturated carbocycles. The number of aromatic nitrogens is 20. The van der Waals surface area contributed by atoms with Crippen LogP contribution in [0.3, 0.4) is 0 Å². The van der Waals surface area contributed by atoms with Crippen LogP contribution in [0.15, 0.2) is 217 Å². The van der Waals surface area contributed by atoms with Crippen molar-refractivity contribution < 1.29 is 33.1 Å². The van der Waals surface area contributed by atoms with Crippen molar-refractivity contribution in [2.24, 2.45) is 0 Å². The predicted molar refractivity (Wildman–Crippen MR) is 491 cm³/mol. The van der Waals surface area contributed by atoms with Crippen molar-refractivity contribution in [2.45, 2.75) is 134 Å². The fourth-order valence-electron chi connectivity index (χ4n) is 13.6. The Bertz CT molecular complexity index is 6960. The second-order valence-electron chi connectivity index (χ2n) is 31.7. The van der Waals surface area contributed by atoms with E-state index in [9.17, 15) is 52.3 Å². The summed E-state index contributed by atoms with van der Waals surface area (Å²) in [6, 6.07) is 51.6. The van der Waals surface area contributed by atoms with Gasteiger partial charge in [0, 0.05) is 105 Å². The van der Waals surface area contributed by atoms with E-state index in [1.807, 2.05) is 58.2 Å². The lowest BCUT2D eigenvalue weighted by Crippen LogP contribution is -2.19. The molecule has 10 aromatic heterocycles. The van der Waals surface area contributed by atoms with E-state index in [4.69, 9.17) is 16.3 Å². The largest absolute Gasteiger partial charge is 0.496 e. The molecule has 0 radical (unpaired) electrons. The molecule has 0 aliphatic heterocycles. The molecule has 4 aliphatic carbocycles. The topological polar surface area (TPSA) is 473 Å². The number of para-hydroxylation sites is 1. The van der Waals surface area contributed by atoms with Crippen molar-refractivity contribution in [2.75, 3.05) is 39.9 Å². The van der Waals surface area contributed by atoms with Crippen LogP contribution in [0.1, 0.15) is 204 Å². The molecule has 0 unspecified atom stereocenters. The molecule has 19 rings (SSSR count). The molecular formula is C92H89ClFN25O11S. The third kappa shape index (κ3) is 22.8. The maximum Gasteiger partial charge on any atom is 0.260 e. The first-order valence-corrected chi connectivity index (χ1v) is 43.4. The van der Waals surface area contributed by atoms with Crippen molar-refractivity contribution >= 4 is 82.0 Å². The molecule has 131 heavy (non-hydrogen) atoms. The Labute approximate surface area is 754 Å². The fraction of sp³-hybridized carbons (Fsp3) is 0.239. The summed E-state index contributed by atoms with van der Waals surface area (Å²) in [7, 11) is 1.51. The Morgan fingerprint density at radius 2 is 0.679 bits per heavy atom. The Morgan fingerprint density at radius 1 is 0.382 bits per heavy atom. The van der Waals surface area contributed by atoms with Gasteiger partial charge in [-0.1, -0.05) is 80.0 Å². The molecule has 5 aromatic carbocycles. The number of hydrogen-bond donors (Lipinski definition) is 10. The van der Waals surface area contributed by atoms with E-state index in [2.05, 4.69) is 102 Å². The third-order valence-electron chi connectivity index (χ3n) is 20.7. The normalized spacial score (nSPS) is 13.0. The third-order valence-corrected chi connectivity index (χ3v) is 21.7. The van der Waals surface area contributed by atoms with Crippen LogP contribution in [0.25, 0.3) is 29.7 Å². The summed E-state index contributed by atoms with van der Waals surface area (Å²) < 4.78 is 26.2. The number of carbonyl (C=O) groups is 5. The number of ether oxygens (including phenoxy) is 1. The van der Waals surface area contributed by atoms with E-state index in [0.717, 1.165) is 73.3 Å². The van der Waals surface area contributed by atoms with E-state index in [1.54, 1.807) is 136 Å². The van der Waals surface area contributed by atoms with E-state index in [-0.39, 0.29) is 80.8 Å². The van der Waals surface area contributed by atoms with Gasteiger partial charge in [-0.15, -0.1) is 11.8 Å². The second-order valence-corrected chi connectivity index (χ2v) is 32.9. The predicted octanol–water partition coefficient (Wildman–Crippen LogP) is 13.7. The highest BCUT2D eigenvalue weighted by molar-refractivity contribution is 7.98. The molecule has 10 N–H and O–H groups in total. The molecule has 15 aromatic rings. The van der Waals surface area contributed by atoms with Crippen molar-refractivity contribution in [1.82, 2.24) is 98.7 Å². The number of methoxy groups -OCH3 is 1. The molecular weight excluding hydrogens is 1720 g/mol. The molecule has 39 heteroatoms. The first kappa shape index (κ1) is 90.1. The lowest BCUT2D eigenvalue weighted by Gasteiger charge is -2.11. The van der Waals surface area contributed by atoms with Gasteiger partial charge in [-0.2, -0.15) is 48.9 Å². The van der Waals surface area contributed by atoms with Gasteiger partial charge >= 0.3 is 0 Å². The van der Waals surface area contributed by atoms with Crippen LogP contribution in [-0.2, 0) is 0 Å². The minimum absolute atomic E-state index is 0.0777. The maximum atomic E-state index is 13.8. The van der Waals surface area contributed by atoms with Gasteiger partial charge in [0.2, 0.25) is 29.7 Å². The lowest BCUT2D eigenvalue weighted by molar-refractivity contribution is 0.101. The summed E-state index contributed by atoms with van der Waals surface area (Å²) in [5.41, 5.74) is 7.72. The monoisotopic (exact) mass is 1810 g/mol. The van der Waals surface area contributed by atoms with Crippen LogP contribution in [0.4, 0.5) is 33.5 Å². The van der Waals surface area contributed by atoms with Crippen LogP contribution in [-0.4, -0.2) is 142 Å². The van der Waals surface area contributed by atoms with Crippen LogP contribution in [0, 0.1) is 40.4 Å². The number of nitrogens with one attached hydrogen (secondary N) is 10. The summed E-state index contributed by atoms with van der Waals surface area (Å²) in [5.74, 6) is 2.93. The summed E-state index contributed by atoms with van der Waals surface area (Å²) in [5, 5.41) is 36.3. The standard InChI is InChI=1S/C19H19N5O3.C19H19N5O2S.C18H18ClN5O2.C18H16FN5O2.C18H17N5O2/c2*1-11-9-16(21-18(26)13-5-3-4-6-15(13)27-2)24(23-11)19-20-14(12-7-8-12)10-17(25)22-19;1-10(2)14-9-16(25)22-18(20-14)24-15(8-11(3)23-24)21-17(26)12-4-6-13(19)7-5-12;1-10-8-15(21-17(26)12-4-2-3-5-13(12)19)24(23-10)18-20-14(11-6-7-11)9-16(25)22-18;1-11-9-15(20-17(25)13-5-3-2-4-6-13)23(22-11)18-19-14(12-7-8-12)10-16(24)21-18/h2*3-6,9-10,12H,7-8H2,1-2H3,(H,21,26)(H,20,22,25);4-10H,1-3H3,(H,21,26)(H,20,22,25);2-5,8-9,11H,6-7H2,1H3,(H,21,26)(H,20,22,25);2-6,9-10,12H,7-8H2,1H3,(H,20,25)(H,19,21,24). The summed E-state index contributed by atoms with van der Waals surface area (Å²) in [4.78, 5) is 159. The smallest absolute Gasteiger partial charge is 0.260 e. The number of thioether (sulfide) groups is 1. The Kier molecular flexibility index (Phi) is 27.3. The minimum atomic E-state index is -0.616.